The molecule has 2 N–H and O–H groups in total. The van der Waals surface area contributed by atoms with Gasteiger partial charge in [-0.15, -0.1) is 0 Å². The van der Waals surface area contributed by atoms with Crippen molar-refractivity contribution in [2.24, 2.45) is 0 Å². The molecule has 1 saturated heterocycles. The largest absolute Gasteiger partial charge is 0.493 e. The molecule has 0 atom stereocenters. The predicted molar refractivity (Wildman–Crippen MR) is 118 cm³/mol. The number of imide groups is 2. The summed E-state index contributed by atoms with van der Waals surface area (Å²) in [6.07, 6.45) is 1.23. The van der Waals surface area contributed by atoms with Crippen LogP contribution in [-0.2, 0) is 16.2 Å². The molecule has 0 aliphatic carbocycles. The fourth-order valence-electron chi connectivity index (χ4n) is 3.29. The Morgan fingerprint density at radius 3 is 2.57 bits per heavy atom. The van der Waals surface area contributed by atoms with Crippen LogP contribution in [0.3, 0.4) is 0 Å². The third-order valence-electron chi connectivity index (χ3n) is 4.94. The van der Waals surface area contributed by atoms with Crippen LogP contribution in [0.5, 0.6) is 11.5 Å². The Labute approximate surface area is 197 Å². The SMILES string of the molecule is COc1cc(/C=C2\C(=O)NC(=O)N(c3ccccc3F)C2=O)ccc1OCc1ccc(C(=O)O)o1. The molecule has 1 fully saturated rings. The first-order valence-corrected chi connectivity index (χ1v) is 10.1. The standard InChI is InChI=1S/C24H17FN2O8/c1-33-20-11-13(6-8-18(20)34-12-14-7-9-19(35-14)23(30)31)10-15-21(28)26-24(32)27(22(15)29)17-5-3-2-4-16(17)25/h2-11H,12H2,1H3,(H,30,31)(H,26,28,32)/b15-10+. The quantitative estimate of drug-likeness (QED) is 0.388. The Bertz CT molecular complexity index is 1380. The molecule has 3 aromatic rings. The Balaban J connectivity index is 1.58. The number of urea groups is 1. The molecule has 0 unspecified atom stereocenters. The number of para-hydroxylation sites is 1. The number of carboxylic acids is 1. The first kappa shape index (κ1) is 23.2. The van der Waals surface area contributed by atoms with E-state index in [4.69, 9.17) is 19.0 Å². The van der Waals surface area contributed by atoms with Gasteiger partial charge < -0.3 is 19.0 Å². The fourth-order valence-corrected chi connectivity index (χ4v) is 3.29. The van der Waals surface area contributed by atoms with Gasteiger partial charge in [0.15, 0.2) is 11.5 Å². The number of rotatable bonds is 7. The Kier molecular flexibility index (Phi) is 6.32. The average molecular weight is 480 g/mol. The van der Waals surface area contributed by atoms with Crippen LogP contribution in [0.15, 0.2) is 64.6 Å². The van der Waals surface area contributed by atoms with Crippen molar-refractivity contribution in [3.8, 4) is 11.5 Å². The summed E-state index contributed by atoms with van der Waals surface area (Å²) in [5.74, 6) is -3.36. The summed E-state index contributed by atoms with van der Waals surface area (Å²) in [5, 5.41) is 11.0. The number of benzene rings is 2. The maximum Gasteiger partial charge on any atom is 0.371 e. The van der Waals surface area contributed by atoms with Crippen molar-refractivity contribution >= 4 is 35.6 Å². The van der Waals surface area contributed by atoms with Crippen LogP contribution in [0.1, 0.15) is 21.9 Å². The third kappa shape index (κ3) is 4.74. The number of aromatic carboxylic acids is 1. The van der Waals surface area contributed by atoms with Crippen molar-refractivity contribution in [2.75, 3.05) is 12.0 Å². The molecule has 1 aliphatic heterocycles. The van der Waals surface area contributed by atoms with Gasteiger partial charge in [0.25, 0.3) is 11.8 Å². The van der Waals surface area contributed by atoms with Crippen LogP contribution in [0.25, 0.3) is 6.08 Å². The molecule has 10 nitrogen and oxygen atoms in total. The minimum absolute atomic E-state index is 0.0787. The van der Waals surface area contributed by atoms with Gasteiger partial charge in [-0.25, -0.2) is 18.9 Å². The first-order chi connectivity index (χ1) is 16.8. The summed E-state index contributed by atoms with van der Waals surface area (Å²) in [4.78, 5) is 49.0. The second-order valence-electron chi connectivity index (χ2n) is 7.18. The molecule has 11 heteroatoms. The second kappa shape index (κ2) is 9.51. The zero-order valence-corrected chi connectivity index (χ0v) is 18.1. The highest BCUT2D eigenvalue weighted by molar-refractivity contribution is 6.39. The number of furan rings is 1. The van der Waals surface area contributed by atoms with E-state index in [0.29, 0.717) is 10.5 Å². The summed E-state index contributed by atoms with van der Waals surface area (Å²) >= 11 is 0. The normalized spacial score (nSPS) is 14.7. The van der Waals surface area contributed by atoms with E-state index in [-0.39, 0.29) is 40.9 Å². The van der Waals surface area contributed by atoms with E-state index < -0.39 is 29.6 Å². The highest BCUT2D eigenvalue weighted by atomic mass is 19.1. The van der Waals surface area contributed by atoms with Gasteiger partial charge in [0, 0.05) is 0 Å². The minimum atomic E-state index is -1.21. The summed E-state index contributed by atoms with van der Waals surface area (Å²) in [5.41, 5.74) is -0.319. The number of methoxy groups -OCH3 is 1. The van der Waals surface area contributed by atoms with E-state index in [0.717, 1.165) is 6.07 Å². The highest BCUT2D eigenvalue weighted by Gasteiger charge is 2.38. The lowest BCUT2D eigenvalue weighted by atomic mass is 10.1. The van der Waals surface area contributed by atoms with Crippen molar-refractivity contribution < 1.29 is 42.6 Å². The molecule has 4 rings (SSSR count). The highest BCUT2D eigenvalue weighted by Crippen LogP contribution is 2.31. The number of halogens is 1. The average Bonchev–Trinajstić information content (AvgIpc) is 3.31. The number of ether oxygens (including phenoxy) is 2. The lowest BCUT2D eigenvalue weighted by Crippen LogP contribution is -2.54. The van der Waals surface area contributed by atoms with Crippen LogP contribution in [0.4, 0.5) is 14.9 Å². The maximum atomic E-state index is 14.2. The van der Waals surface area contributed by atoms with Crippen LogP contribution in [0.2, 0.25) is 0 Å². The number of carboxylic acid groups (broad SMARTS) is 1. The number of hydrogen-bond acceptors (Lipinski definition) is 7. The molecule has 2 heterocycles. The van der Waals surface area contributed by atoms with Crippen molar-refractivity contribution in [3.63, 3.8) is 0 Å². The van der Waals surface area contributed by atoms with Gasteiger partial charge in [0.05, 0.1) is 12.8 Å². The Morgan fingerprint density at radius 1 is 1.11 bits per heavy atom. The number of anilines is 1. The van der Waals surface area contributed by atoms with E-state index in [9.17, 15) is 23.6 Å². The van der Waals surface area contributed by atoms with Crippen LogP contribution in [0, 0.1) is 5.82 Å². The lowest BCUT2D eigenvalue weighted by Gasteiger charge is -2.26. The molecular weight excluding hydrogens is 463 g/mol. The Hall–Kier alpha value is -4.93. The summed E-state index contributed by atoms with van der Waals surface area (Å²) < 4.78 is 30.3. The predicted octanol–water partition coefficient (Wildman–Crippen LogP) is 3.37. The molecule has 0 spiro atoms. The monoisotopic (exact) mass is 480 g/mol. The van der Waals surface area contributed by atoms with Crippen molar-refractivity contribution in [2.45, 2.75) is 6.61 Å². The van der Waals surface area contributed by atoms with Gasteiger partial charge in [-0.3, -0.25) is 14.9 Å². The van der Waals surface area contributed by atoms with Gasteiger partial charge in [0.1, 0.15) is 23.8 Å². The van der Waals surface area contributed by atoms with Crippen molar-refractivity contribution in [1.29, 1.82) is 0 Å². The number of nitrogens with zero attached hydrogens (tertiary/aromatic N) is 1. The number of barbiturate groups is 1. The molecule has 1 aromatic heterocycles. The van der Waals surface area contributed by atoms with E-state index in [1.54, 1.807) is 0 Å². The van der Waals surface area contributed by atoms with Crippen LogP contribution < -0.4 is 19.7 Å². The summed E-state index contributed by atoms with van der Waals surface area (Å²) in [6.45, 7) is -0.0787. The number of carbonyl (C=O) groups excluding carboxylic acids is 3. The smallest absolute Gasteiger partial charge is 0.371 e. The second-order valence-corrected chi connectivity index (χ2v) is 7.18. The lowest BCUT2D eigenvalue weighted by molar-refractivity contribution is -0.122. The van der Waals surface area contributed by atoms with E-state index in [2.05, 4.69) is 0 Å². The minimum Gasteiger partial charge on any atom is -0.493 e. The molecule has 35 heavy (non-hydrogen) atoms. The number of hydrogen-bond donors (Lipinski definition) is 2. The van der Waals surface area contributed by atoms with Crippen LogP contribution >= 0.6 is 0 Å². The first-order valence-electron chi connectivity index (χ1n) is 10.1. The molecule has 2 aromatic carbocycles. The van der Waals surface area contributed by atoms with Crippen molar-refractivity contribution in [1.82, 2.24) is 5.32 Å². The van der Waals surface area contributed by atoms with Gasteiger partial charge in [-0.05, 0) is 48.0 Å². The molecule has 0 saturated carbocycles. The van der Waals surface area contributed by atoms with Gasteiger partial charge in [-0.2, -0.15) is 0 Å². The Morgan fingerprint density at radius 2 is 1.89 bits per heavy atom. The molecule has 1 aliphatic rings. The van der Waals surface area contributed by atoms with Gasteiger partial charge >= 0.3 is 12.0 Å². The number of carbonyl (C=O) groups is 4. The zero-order chi connectivity index (χ0) is 25.1. The van der Waals surface area contributed by atoms with Crippen LogP contribution in [-0.4, -0.2) is 36.0 Å². The molecule has 178 valence electrons. The van der Waals surface area contributed by atoms with E-state index in [1.807, 2.05) is 5.32 Å². The maximum absolute atomic E-state index is 14.2. The topological polar surface area (TPSA) is 135 Å². The summed E-state index contributed by atoms with van der Waals surface area (Å²) in [7, 11) is 1.38. The molecular formula is C24H17FN2O8. The summed E-state index contributed by atoms with van der Waals surface area (Å²) in [6, 6.07) is 11.4. The molecule has 0 radical (unpaired) electrons. The van der Waals surface area contributed by atoms with Crippen molar-refractivity contribution in [3.05, 3.63) is 83.1 Å². The third-order valence-corrected chi connectivity index (χ3v) is 4.94. The zero-order valence-electron chi connectivity index (χ0n) is 18.1. The van der Waals surface area contributed by atoms with Gasteiger partial charge in [-0.1, -0.05) is 18.2 Å². The molecule has 0 bridgehead atoms. The molecule has 4 amide bonds. The number of nitrogens with one attached hydrogen (secondary N) is 1. The van der Waals surface area contributed by atoms with E-state index >= 15 is 0 Å². The number of amides is 4. The van der Waals surface area contributed by atoms with Gasteiger partial charge in [0.2, 0.25) is 5.76 Å². The fraction of sp³-hybridized carbons (Fsp3) is 0.0833. The van der Waals surface area contributed by atoms with E-state index in [1.165, 1.54) is 61.7 Å².